The molecule has 0 aliphatic carbocycles. The Morgan fingerprint density at radius 1 is 1.53 bits per heavy atom. The van der Waals surface area contributed by atoms with Crippen LogP contribution in [0.15, 0.2) is 6.07 Å². The van der Waals surface area contributed by atoms with Crippen LogP contribution in [0, 0.1) is 0 Å². The summed E-state index contributed by atoms with van der Waals surface area (Å²) in [5, 5.41) is 0.189. The Morgan fingerprint density at radius 3 is 2.88 bits per heavy atom. The Labute approximate surface area is 103 Å². The van der Waals surface area contributed by atoms with Gasteiger partial charge in [-0.25, -0.2) is 8.78 Å². The third-order valence-electron chi connectivity index (χ3n) is 2.43. The van der Waals surface area contributed by atoms with Gasteiger partial charge in [0.2, 0.25) is 0 Å². The molecular weight excluding hydrogens is 252 g/mol. The first-order chi connectivity index (χ1) is 8.00. The zero-order valence-corrected chi connectivity index (χ0v) is 10.0. The van der Waals surface area contributed by atoms with Crippen LogP contribution >= 0.6 is 11.6 Å². The van der Waals surface area contributed by atoms with E-state index in [2.05, 4.69) is 9.97 Å². The second-order valence-electron chi connectivity index (χ2n) is 3.79. The molecule has 1 saturated heterocycles. The van der Waals surface area contributed by atoms with Crippen LogP contribution < -0.4 is 9.64 Å². The normalized spacial score (nSPS) is 18.5. The van der Waals surface area contributed by atoms with Crippen molar-refractivity contribution in [1.82, 2.24) is 9.97 Å². The van der Waals surface area contributed by atoms with Crippen molar-refractivity contribution in [2.75, 3.05) is 24.6 Å². The maximum absolute atomic E-state index is 13.1. The summed E-state index contributed by atoms with van der Waals surface area (Å²) in [6, 6.07) is 1.58. The van der Waals surface area contributed by atoms with Gasteiger partial charge in [0, 0.05) is 19.0 Å². The smallest absolute Gasteiger partial charge is 0.319 e. The predicted octanol–water partition coefficient (Wildman–Crippen LogP) is 2.37. The molecule has 0 aromatic carbocycles. The molecule has 0 unspecified atom stereocenters. The molecule has 1 fully saturated rings. The van der Waals surface area contributed by atoms with Crippen LogP contribution in [-0.2, 0) is 0 Å². The largest absolute Gasteiger partial charge is 0.464 e. The van der Waals surface area contributed by atoms with Gasteiger partial charge in [0.05, 0.1) is 13.2 Å². The van der Waals surface area contributed by atoms with Gasteiger partial charge in [-0.2, -0.15) is 9.97 Å². The Morgan fingerprint density at radius 2 is 2.29 bits per heavy atom. The number of halogens is 3. The lowest BCUT2D eigenvalue weighted by Crippen LogP contribution is -2.25. The number of alkyl halides is 2. The molecule has 7 heteroatoms. The predicted molar refractivity (Wildman–Crippen MR) is 60.0 cm³/mol. The van der Waals surface area contributed by atoms with Gasteiger partial charge in [-0.3, -0.25) is 0 Å². The molecule has 94 valence electrons. The van der Waals surface area contributed by atoms with E-state index in [4.69, 9.17) is 16.3 Å². The van der Waals surface area contributed by atoms with E-state index in [0.717, 1.165) is 0 Å². The summed E-state index contributed by atoms with van der Waals surface area (Å²) in [6.45, 7) is 2.10. The average Bonchev–Trinajstić information content (AvgIpc) is 2.58. The van der Waals surface area contributed by atoms with Crippen molar-refractivity contribution in [2.24, 2.45) is 0 Å². The van der Waals surface area contributed by atoms with E-state index < -0.39 is 5.92 Å². The quantitative estimate of drug-likeness (QED) is 0.785. The summed E-state index contributed by atoms with van der Waals surface area (Å²) in [5.74, 6) is -2.28. The lowest BCUT2D eigenvalue weighted by Gasteiger charge is -2.17. The lowest BCUT2D eigenvalue weighted by atomic mass is 10.3. The van der Waals surface area contributed by atoms with Gasteiger partial charge >= 0.3 is 6.01 Å². The SMILES string of the molecule is CCOc1nc(Cl)cc(N2CCC(F)(F)C2)n1. The summed E-state index contributed by atoms with van der Waals surface area (Å²) < 4.78 is 31.3. The zero-order valence-electron chi connectivity index (χ0n) is 9.29. The van der Waals surface area contributed by atoms with E-state index >= 15 is 0 Å². The second-order valence-corrected chi connectivity index (χ2v) is 4.18. The molecule has 0 N–H and O–H groups in total. The number of aromatic nitrogens is 2. The van der Waals surface area contributed by atoms with Gasteiger partial charge in [0.1, 0.15) is 11.0 Å². The molecule has 17 heavy (non-hydrogen) atoms. The van der Waals surface area contributed by atoms with Crippen LogP contribution in [0.4, 0.5) is 14.6 Å². The molecule has 2 heterocycles. The number of ether oxygens (including phenoxy) is 1. The van der Waals surface area contributed by atoms with Crippen LogP contribution in [0.3, 0.4) is 0 Å². The van der Waals surface area contributed by atoms with Crippen molar-refractivity contribution in [2.45, 2.75) is 19.3 Å². The Kier molecular flexibility index (Phi) is 3.33. The van der Waals surface area contributed by atoms with Gasteiger partial charge in [0.25, 0.3) is 5.92 Å². The van der Waals surface area contributed by atoms with Gasteiger partial charge in [-0.15, -0.1) is 0 Å². The number of hydrogen-bond acceptors (Lipinski definition) is 4. The highest BCUT2D eigenvalue weighted by molar-refractivity contribution is 6.29. The lowest BCUT2D eigenvalue weighted by molar-refractivity contribution is 0.0256. The Hall–Kier alpha value is -1.17. The first kappa shape index (κ1) is 12.3. The van der Waals surface area contributed by atoms with Crippen LogP contribution in [0.2, 0.25) is 5.15 Å². The van der Waals surface area contributed by atoms with Crippen molar-refractivity contribution >= 4 is 17.4 Å². The van der Waals surface area contributed by atoms with Crippen molar-refractivity contribution in [1.29, 1.82) is 0 Å². The molecule has 1 aliphatic heterocycles. The van der Waals surface area contributed by atoms with Crippen molar-refractivity contribution in [3.63, 3.8) is 0 Å². The highest BCUT2D eigenvalue weighted by atomic mass is 35.5. The molecule has 0 bridgehead atoms. The maximum atomic E-state index is 13.1. The second kappa shape index (κ2) is 4.60. The third-order valence-corrected chi connectivity index (χ3v) is 2.62. The van der Waals surface area contributed by atoms with Crippen LogP contribution in [0.5, 0.6) is 6.01 Å². The summed E-state index contributed by atoms with van der Waals surface area (Å²) in [4.78, 5) is 9.38. The zero-order chi connectivity index (χ0) is 12.5. The number of anilines is 1. The van der Waals surface area contributed by atoms with Crippen molar-refractivity contribution in [3.05, 3.63) is 11.2 Å². The Bertz CT molecular complexity index is 417. The molecule has 1 aliphatic rings. The third kappa shape index (κ3) is 2.94. The highest BCUT2D eigenvalue weighted by Gasteiger charge is 2.39. The minimum atomic E-state index is -2.66. The minimum absolute atomic E-state index is 0.116. The van der Waals surface area contributed by atoms with Gasteiger partial charge in [0.15, 0.2) is 0 Å². The molecule has 2 rings (SSSR count). The molecular formula is C10H12ClF2N3O. The summed E-state index contributed by atoms with van der Waals surface area (Å²) in [5.41, 5.74) is 0. The number of rotatable bonds is 3. The molecule has 0 amide bonds. The topological polar surface area (TPSA) is 38.2 Å². The summed E-state index contributed by atoms with van der Waals surface area (Å²) >= 11 is 5.79. The Balaban J connectivity index is 2.21. The maximum Gasteiger partial charge on any atom is 0.319 e. The summed E-state index contributed by atoms with van der Waals surface area (Å²) in [7, 11) is 0. The molecule has 1 aromatic rings. The molecule has 0 saturated carbocycles. The van der Waals surface area contributed by atoms with E-state index in [-0.39, 0.29) is 30.7 Å². The minimum Gasteiger partial charge on any atom is -0.464 e. The van der Waals surface area contributed by atoms with E-state index in [1.165, 1.54) is 11.0 Å². The molecule has 0 atom stereocenters. The molecule has 4 nitrogen and oxygen atoms in total. The number of hydrogen-bond donors (Lipinski definition) is 0. The fourth-order valence-electron chi connectivity index (χ4n) is 1.67. The van der Waals surface area contributed by atoms with Crippen LogP contribution in [0.25, 0.3) is 0 Å². The van der Waals surface area contributed by atoms with Gasteiger partial charge < -0.3 is 9.64 Å². The summed E-state index contributed by atoms with van der Waals surface area (Å²) in [6.07, 6.45) is -0.168. The van der Waals surface area contributed by atoms with Gasteiger partial charge in [-0.1, -0.05) is 11.6 Å². The van der Waals surface area contributed by atoms with E-state index in [1.807, 2.05) is 0 Å². The first-order valence-corrected chi connectivity index (χ1v) is 5.68. The van der Waals surface area contributed by atoms with E-state index in [0.29, 0.717) is 12.4 Å². The average molecular weight is 264 g/mol. The highest BCUT2D eigenvalue weighted by Crippen LogP contribution is 2.31. The number of nitrogens with zero attached hydrogens (tertiary/aromatic N) is 3. The molecule has 1 aromatic heterocycles. The molecule has 0 spiro atoms. The van der Waals surface area contributed by atoms with Crippen molar-refractivity contribution in [3.8, 4) is 6.01 Å². The first-order valence-electron chi connectivity index (χ1n) is 5.30. The molecule has 0 radical (unpaired) electrons. The van der Waals surface area contributed by atoms with Crippen LogP contribution in [0.1, 0.15) is 13.3 Å². The monoisotopic (exact) mass is 263 g/mol. The van der Waals surface area contributed by atoms with Crippen LogP contribution in [-0.4, -0.2) is 35.6 Å². The van der Waals surface area contributed by atoms with Gasteiger partial charge in [-0.05, 0) is 6.92 Å². The van der Waals surface area contributed by atoms with E-state index in [1.54, 1.807) is 6.92 Å². The fraction of sp³-hybridized carbons (Fsp3) is 0.600. The standard InChI is InChI=1S/C10H12ClF2N3O/c1-2-17-9-14-7(11)5-8(15-9)16-4-3-10(12,13)6-16/h5H,2-4,6H2,1H3. The fourth-order valence-corrected chi connectivity index (χ4v) is 1.84. The van der Waals surface area contributed by atoms with E-state index in [9.17, 15) is 8.78 Å². The van der Waals surface area contributed by atoms with Crippen molar-refractivity contribution < 1.29 is 13.5 Å².